The first-order valence-electron chi connectivity index (χ1n) is 9.83. The second kappa shape index (κ2) is 20.8. The number of hydrogen-bond donors (Lipinski definition) is 0. The van der Waals surface area contributed by atoms with E-state index < -0.39 is 37.0 Å². The molecule has 0 spiro atoms. The van der Waals surface area contributed by atoms with Gasteiger partial charge in [0.1, 0.15) is 11.6 Å². The molecule has 0 rings (SSSR count). The number of carbonyl (C=O) groups excluding carboxylic acids is 4. The first-order valence-corrected chi connectivity index (χ1v) is 9.83. The van der Waals surface area contributed by atoms with Crippen molar-refractivity contribution in [2.75, 3.05) is 0 Å². The zero-order valence-electron chi connectivity index (χ0n) is 20.7. The molecule has 0 N–H and O–H groups in total. The predicted octanol–water partition coefficient (Wildman–Crippen LogP) is -0.229. The van der Waals surface area contributed by atoms with Gasteiger partial charge >= 0.3 is 21.7 Å². The van der Waals surface area contributed by atoms with Crippen LogP contribution < -0.4 is 20.4 Å². The zero-order valence-corrected chi connectivity index (χ0v) is 22.3. The van der Waals surface area contributed by atoms with Crippen molar-refractivity contribution in [3.63, 3.8) is 0 Å². The van der Waals surface area contributed by atoms with Crippen LogP contribution in [0, 0.1) is 10.8 Å². The van der Waals surface area contributed by atoms with Crippen molar-refractivity contribution >= 4 is 23.5 Å². The fourth-order valence-electron chi connectivity index (χ4n) is 1.63. The standard InChI is InChI=1S/2C8H14O3.2C3H7O.Ti/c2*1-8(2,3)5-6(9)4-7(10)11;2*1-3(2)4;/h2*4-5H2,1-3H3,(H,10,11);2*3H,1-2H3;/q;;2*-1;+4/p-2. The van der Waals surface area contributed by atoms with E-state index in [4.69, 9.17) is 0 Å². The van der Waals surface area contributed by atoms with Gasteiger partial charge in [-0.3, -0.25) is 9.59 Å². The van der Waals surface area contributed by atoms with Crippen molar-refractivity contribution < 1.29 is 61.3 Å². The molecule has 0 radical (unpaired) electrons. The number of carboxylic acid groups (broad SMARTS) is 2. The Bertz CT molecular complexity index is 449. The normalized spacial score (nSPS) is 10.3. The van der Waals surface area contributed by atoms with Crippen LogP contribution in [0.1, 0.15) is 94.9 Å². The van der Waals surface area contributed by atoms with E-state index in [1.807, 2.05) is 41.5 Å². The van der Waals surface area contributed by atoms with Crippen LogP contribution in [0.15, 0.2) is 0 Å². The second-order valence-corrected chi connectivity index (χ2v) is 9.75. The van der Waals surface area contributed by atoms with Crippen LogP contribution in [-0.2, 0) is 40.9 Å². The van der Waals surface area contributed by atoms with Gasteiger partial charge in [-0.05, 0) is 10.8 Å². The topological polar surface area (TPSA) is 161 Å². The molecule has 0 bridgehead atoms. The molecular formula is C22H40O8Ti. The summed E-state index contributed by atoms with van der Waals surface area (Å²) in [6.45, 7) is 17.8. The summed E-state index contributed by atoms with van der Waals surface area (Å²) in [6.07, 6.45) is -1.17. The summed E-state index contributed by atoms with van der Waals surface area (Å²) in [7, 11) is 0. The van der Waals surface area contributed by atoms with Crippen molar-refractivity contribution in [3.05, 3.63) is 0 Å². The number of aliphatic carboxylic acids is 2. The zero-order chi connectivity index (χ0) is 25.3. The van der Waals surface area contributed by atoms with E-state index in [9.17, 15) is 39.6 Å². The molecule has 0 aromatic rings. The molecule has 9 heteroatoms. The summed E-state index contributed by atoms with van der Waals surface area (Å²) in [4.78, 5) is 41.6. The van der Waals surface area contributed by atoms with Crippen LogP contribution in [-0.4, -0.2) is 35.7 Å². The van der Waals surface area contributed by atoms with Crippen LogP contribution in [0.5, 0.6) is 0 Å². The third-order valence-corrected chi connectivity index (χ3v) is 2.14. The van der Waals surface area contributed by atoms with Gasteiger partial charge in [-0.15, -0.1) is 12.2 Å². The fraction of sp³-hybridized carbons (Fsp3) is 0.818. The molecule has 0 aromatic heterocycles. The van der Waals surface area contributed by atoms with Crippen LogP contribution in [0.25, 0.3) is 0 Å². The van der Waals surface area contributed by atoms with E-state index >= 15 is 0 Å². The van der Waals surface area contributed by atoms with Crippen molar-refractivity contribution in [3.8, 4) is 0 Å². The van der Waals surface area contributed by atoms with E-state index in [1.165, 1.54) is 0 Å². The molecule has 0 atom stereocenters. The average Bonchev–Trinajstić information content (AvgIpc) is 2.29. The minimum atomic E-state index is -1.29. The third-order valence-electron chi connectivity index (χ3n) is 2.14. The molecule has 0 aliphatic heterocycles. The molecular weight excluding hydrogens is 440 g/mol. The summed E-state index contributed by atoms with van der Waals surface area (Å²) in [5.74, 6) is -3.12. The van der Waals surface area contributed by atoms with Crippen molar-refractivity contribution in [1.29, 1.82) is 0 Å². The molecule has 0 saturated heterocycles. The predicted molar refractivity (Wildman–Crippen MR) is 108 cm³/mol. The van der Waals surface area contributed by atoms with E-state index in [0.29, 0.717) is 12.8 Å². The van der Waals surface area contributed by atoms with E-state index in [1.54, 1.807) is 27.7 Å². The number of hydrogen-bond acceptors (Lipinski definition) is 8. The van der Waals surface area contributed by atoms with Gasteiger partial charge in [-0.2, -0.15) is 0 Å². The van der Waals surface area contributed by atoms with E-state index in [0.717, 1.165) is 0 Å². The maximum atomic E-state index is 10.8. The van der Waals surface area contributed by atoms with Gasteiger partial charge in [-0.25, -0.2) is 0 Å². The first-order chi connectivity index (χ1) is 13.1. The van der Waals surface area contributed by atoms with Gasteiger partial charge in [0.25, 0.3) is 0 Å². The number of Topliss-reactive ketones (excluding diaryl/α,β-unsaturated/α-hetero) is 2. The van der Waals surface area contributed by atoms with Crippen molar-refractivity contribution in [2.45, 2.75) is 107 Å². The Morgan fingerprint density at radius 2 is 0.774 bits per heavy atom. The summed E-state index contributed by atoms with van der Waals surface area (Å²) in [6, 6.07) is 0. The number of carbonyl (C=O) groups is 4. The van der Waals surface area contributed by atoms with Gasteiger partial charge in [0.2, 0.25) is 0 Å². The Balaban J connectivity index is -0.000000106. The molecule has 0 aliphatic rings. The molecule has 0 amide bonds. The molecule has 0 aliphatic carbocycles. The molecule has 31 heavy (non-hydrogen) atoms. The minimum Gasteiger partial charge on any atom is -0.852 e. The Hall–Kier alpha value is -1.09. The first kappa shape index (κ1) is 40.3. The molecule has 8 nitrogen and oxygen atoms in total. The van der Waals surface area contributed by atoms with Crippen molar-refractivity contribution in [1.82, 2.24) is 0 Å². The Labute approximate surface area is 202 Å². The Morgan fingerprint density at radius 1 is 0.613 bits per heavy atom. The maximum Gasteiger partial charge on any atom is 4.00 e. The van der Waals surface area contributed by atoms with Gasteiger partial charge in [-0.1, -0.05) is 69.2 Å². The molecule has 0 heterocycles. The fourth-order valence-corrected chi connectivity index (χ4v) is 1.63. The summed E-state index contributed by atoms with van der Waals surface area (Å²) in [5, 5.41) is 39.0. The molecule has 180 valence electrons. The smallest absolute Gasteiger partial charge is 0.852 e. The van der Waals surface area contributed by atoms with E-state index in [2.05, 4.69) is 0 Å². The quantitative estimate of drug-likeness (QED) is 0.372. The van der Waals surface area contributed by atoms with Crippen LogP contribution >= 0.6 is 0 Å². The monoisotopic (exact) mass is 480 g/mol. The molecule has 0 aromatic carbocycles. The Morgan fingerprint density at radius 3 is 0.871 bits per heavy atom. The van der Waals surface area contributed by atoms with Crippen LogP contribution in [0.4, 0.5) is 0 Å². The Kier molecular flexibility index (Phi) is 27.0. The summed E-state index contributed by atoms with van der Waals surface area (Å²) < 4.78 is 0. The van der Waals surface area contributed by atoms with Gasteiger partial charge in [0.05, 0.1) is 0 Å². The van der Waals surface area contributed by atoms with Crippen LogP contribution in [0.2, 0.25) is 0 Å². The van der Waals surface area contributed by atoms with Gasteiger partial charge < -0.3 is 30.0 Å². The van der Waals surface area contributed by atoms with Gasteiger partial charge in [0.15, 0.2) is 0 Å². The minimum absolute atomic E-state index is 0. The SMILES string of the molecule is CC(C)(C)CC(=O)CC(=O)[O-].CC(C)(C)CC(=O)CC(=O)[O-].CC(C)[O-].CC(C)[O-].[Ti+4]. The number of carboxylic acids is 2. The molecule has 0 saturated carbocycles. The number of ketones is 2. The largest absolute Gasteiger partial charge is 4.00 e. The maximum absolute atomic E-state index is 10.8. The summed E-state index contributed by atoms with van der Waals surface area (Å²) in [5.41, 5.74) is -0.265. The second-order valence-electron chi connectivity index (χ2n) is 9.75. The van der Waals surface area contributed by atoms with Gasteiger partial charge in [0, 0.05) is 37.6 Å². The van der Waals surface area contributed by atoms with Crippen LogP contribution in [0.3, 0.4) is 0 Å². The van der Waals surface area contributed by atoms with E-state index in [-0.39, 0.29) is 44.1 Å². The number of rotatable bonds is 6. The molecule has 0 unspecified atom stereocenters. The molecule has 0 fully saturated rings. The summed E-state index contributed by atoms with van der Waals surface area (Å²) >= 11 is 0. The van der Waals surface area contributed by atoms with Crippen molar-refractivity contribution in [2.24, 2.45) is 10.8 Å². The average molecular weight is 480 g/mol. The third kappa shape index (κ3) is 73.2.